The van der Waals surface area contributed by atoms with Gasteiger partial charge in [-0.05, 0) is 18.2 Å². The second kappa shape index (κ2) is 6.81. The van der Waals surface area contributed by atoms with Gasteiger partial charge in [0.2, 0.25) is 15.9 Å². The van der Waals surface area contributed by atoms with Crippen LogP contribution in [0.4, 0.5) is 17.3 Å². The number of carbonyl (C=O) groups excluding carboxylic acids is 1. The van der Waals surface area contributed by atoms with Crippen molar-refractivity contribution in [2.45, 2.75) is 10.1 Å². The molecule has 0 unspecified atom stereocenters. The van der Waals surface area contributed by atoms with E-state index in [0.717, 1.165) is 11.8 Å². The van der Waals surface area contributed by atoms with Gasteiger partial charge in [-0.3, -0.25) is 4.79 Å². The van der Waals surface area contributed by atoms with Crippen molar-refractivity contribution in [1.29, 1.82) is 0 Å². The number of hydrogen-bond donors (Lipinski definition) is 4. The number of rotatable bonds is 5. The number of nitrogens with one attached hydrogen (secondary N) is 1. The predicted octanol–water partition coefficient (Wildman–Crippen LogP) is 0.0192. The Morgan fingerprint density at radius 2 is 1.83 bits per heavy atom. The number of anilines is 3. The Morgan fingerprint density at radius 3 is 2.43 bits per heavy atom. The van der Waals surface area contributed by atoms with Crippen molar-refractivity contribution in [3.05, 3.63) is 30.3 Å². The maximum atomic E-state index is 11.9. The van der Waals surface area contributed by atoms with Crippen LogP contribution in [0, 0.1) is 0 Å². The molecule has 1 aromatic heterocycles. The standard InChI is InChI=1S/C12H14N6O3S2/c13-9-5-10(14)18-12(17-9)22-6-11(19)16-7-2-1-3-8(4-7)23(15,20)21/h1-5H,6H2,(H,16,19)(H2,15,20,21)(H4,13,14,17,18). The maximum Gasteiger partial charge on any atom is 0.238 e. The van der Waals surface area contributed by atoms with E-state index in [1.807, 2.05) is 0 Å². The lowest BCUT2D eigenvalue weighted by Gasteiger charge is -2.06. The van der Waals surface area contributed by atoms with Gasteiger partial charge in [0.05, 0.1) is 10.6 Å². The maximum absolute atomic E-state index is 11.9. The molecular formula is C12H14N6O3S2. The first-order chi connectivity index (χ1) is 10.7. The van der Waals surface area contributed by atoms with E-state index in [1.165, 1.54) is 24.3 Å². The third kappa shape index (κ3) is 5.09. The predicted molar refractivity (Wildman–Crippen MR) is 88.0 cm³/mol. The first-order valence-electron chi connectivity index (χ1n) is 6.19. The lowest BCUT2D eigenvalue weighted by Crippen LogP contribution is -2.16. The number of sulfonamides is 1. The van der Waals surface area contributed by atoms with Crippen LogP contribution in [0.3, 0.4) is 0 Å². The molecule has 0 aliphatic carbocycles. The minimum Gasteiger partial charge on any atom is -0.383 e. The van der Waals surface area contributed by atoms with Crippen molar-refractivity contribution in [2.24, 2.45) is 5.14 Å². The second-order valence-electron chi connectivity index (χ2n) is 4.41. The van der Waals surface area contributed by atoms with Crippen LogP contribution < -0.4 is 21.9 Å². The lowest BCUT2D eigenvalue weighted by molar-refractivity contribution is -0.113. The van der Waals surface area contributed by atoms with Gasteiger partial charge in [0.1, 0.15) is 11.6 Å². The smallest absolute Gasteiger partial charge is 0.238 e. The molecule has 0 radical (unpaired) electrons. The SMILES string of the molecule is Nc1cc(N)nc(SCC(=O)Nc2cccc(S(N)(=O)=O)c2)n1. The monoisotopic (exact) mass is 354 g/mol. The van der Waals surface area contributed by atoms with Crippen molar-refractivity contribution in [1.82, 2.24) is 9.97 Å². The molecule has 9 nitrogen and oxygen atoms in total. The summed E-state index contributed by atoms with van der Waals surface area (Å²) in [5.74, 6) is 0.0522. The summed E-state index contributed by atoms with van der Waals surface area (Å²) in [6.45, 7) is 0. The van der Waals surface area contributed by atoms with E-state index in [9.17, 15) is 13.2 Å². The van der Waals surface area contributed by atoms with Gasteiger partial charge in [-0.15, -0.1) is 0 Å². The van der Waals surface area contributed by atoms with Crippen LogP contribution in [0.15, 0.2) is 40.4 Å². The zero-order valence-electron chi connectivity index (χ0n) is 11.8. The van der Waals surface area contributed by atoms with Crippen molar-refractivity contribution >= 4 is 45.0 Å². The Balaban J connectivity index is 2.00. The first-order valence-corrected chi connectivity index (χ1v) is 8.73. The third-order valence-electron chi connectivity index (χ3n) is 2.52. The fraction of sp³-hybridized carbons (Fsp3) is 0.0833. The molecule has 0 aliphatic heterocycles. The molecule has 7 N–H and O–H groups in total. The van der Waals surface area contributed by atoms with Gasteiger partial charge in [-0.1, -0.05) is 17.8 Å². The summed E-state index contributed by atoms with van der Waals surface area (Å²) in [6, 6.07) is 7.04. The number of thioether (sulfide) groups is 1. The van der Waals surface area contributed by atoms with Crippen LogP contribution in [0.1, 0.15) is 0 Å². The summed E-state index contributed by atoms with van der Waals surface area (Å²) >= 11 is 1.05. The van der Waals surface area contributed by atoms with Crippen LogP contribution in [0.2, 0.25) is 0 Å². The molecular weight excluding hydrogens is 340 g/mol. The molecule has 0 atom stereocenters. The Bertz CT molecular complexity index is 820. The fourth-order valence-electron chi connectivity index (χ4n) is 1.60. The van der Waals surface area contributed by atoms with E-state index < -0.39 is 10.0 Å². The summed E-state index contributed by atoms with van der Waals surface area (Å²) in [4.78, 5) is 19.7. The highest BCUT2D eigenvalue weighted by atomic mass is 32.2. The average Bonchev–Trinajstić information content (AvgIpc) is 2.43. The molecule has 122 valence electrons. The molecule has 1 heterocycles. The third-order valence-corrected chi connectivity index (χ3v) is 4.28. The van der Waals surface area contributed by atoms with Crippen molar-refractivity contribution in [2.75, 3.05) is 22.5 Å². The van der Waals surface area contributed by atoms with Crippen LogP contribution in [-0.2, 0) is 14.8 Å². The van der Waals surface area contributed by atoms with Crippen molar-refractivity contribution in [3.8, 4) is 0 Å². The molecule has 0 saturated heterocycles. The topological polar surface area (TPSA) is 167 Å². The van der Waals surface area contributed by atoms with Crippen LogP contribution in [-0.4, -0.2) is 30.0 Å². The van der Waals surface area contributed by atoms with Crippen LogP contribution in [0.25, 0.3) is 0 Å². The lowest BCUT2D eigenvalue weighted by atomic mass is 10.3. The van der Waals surface area contributed by atoms with E-state index in [2.05, 4.69) is 15.3 Å². The van der Waals surface area contributed by atoms with Gasteiger partial charge in [0.15, 0.2) is 5.16 Å². The number of nitrogens with zero attached hydrogens (tertiary/aromatic N) is 2. The van der Waals surface area contributed by atoms with Crippen molar-refractivity contribution in [3.63, 3.8) is 0 Å². The molecule has 11 heteroatoms. The number of primary sulfonamides is 1. The normalized spacial score (nSPS) is 11.2. The average molecular weight is 354 g/mol. The summed E-state index contributed by atoms with van der Waals surface area (Å²) < 4.78 is 22.5. The zero-order chi connectivity index (χ0) is 17.0. The molecule has 0 fully saturated rings. The van der Waals surface area contributed by atoms with Crippen LogP contribution >= 0.6 is 11.8 Å². The summed E-state index contributed by atoms with van der Waals surface area (Å²) in [6.07, 6.45) is 0. The molecule has 1 amide bonds. The Morgan fingerprint density at radius 1 is 1.17 bits per heavy atom. The number of nitrogens with two attached hydrogens (primary N) is 3. The number of amides is 1. The minimum atomic E-state index is -3.83. The molecule has 0 spiro atoms. The van der Waals surface area contributed by atoms with Gasteiger partial charge in [-0.2, -0.15) is 0 Å². The van der Waals surface area contributed by atoms with Gasteiger partial charge in [0, 0.05) is 11.8 Å². The number of nitrogen functional groups attached to an aromatic ring is 2. The molecule has 0 aliphatic rings. The Kier molecular flexibility index (Phi) is 5.03. The summed E-state index contributed by atoms with van der Waals surface area (Å²) in [5.41, 5.74) is 11.4. The highest BCUT2D eigenvalue weighted by molar-refractivity contribution is 7.99. The highest BCUT2D eigenvalue weighted by Gasteiger charge is 2.10. The van der Waals surface area contributed by atoms with Gasteiger partial charge >= 0.3 is 0 Å². The summed E-state index contributed by atoms with van der Waals surface area (Å²) in [5, 5.41) is 7.86. The number of carbonyl (C=O) groups is 1. The van der Waals surface area contributed by atoms with E-state index in [4.69, 9.17) is 16.6 Å². The van der Waals surface area contributed by atoms with Gasteiger partial charge in [0.25, 0.3) is 0 Å². The van der Waals surface area contributed by atoms with E-state index in [-0.39, 0.29) is 33.3 Å². The number of hydrogen-bond acceptors (Lipinski definition) is 8. The largest absolute Gasteiger partial charge is 0.383 e. The first kappa shape index (κ1) is 17.0. The zero-order valence-corrected chi connectivity index (χ0v) is 13.4. The Hall–Kier alpha value is -2.37. The molecule has 2 rings (SSSR count). The molecule has 23 heavy (non-hydrogen) atoms. The van der Waals surface area contributed by atoms with E-state index >= 15 is 0 Å². The molecule has 1 aromatic carbocycles. The minimum absolute atomic E-state index is 0.00248. The van der Waals surface area contributed by atoms with Crippen LogP contribution in [0.5, 0.6) is 0 Å². The fourth-order valence-corrected chi connectivity index (χ4v) is 2.84. The number of benzene rings is 1. The number of aromatic nitrogens is 2. The van der Waals surface area contributed by atoms with Crippen molar-refractivity contribution < 1.29 is 13.2 Å². The van der Waals surface area contributed by atoms with Gasteiger partial charge < -0.3 is 16.8 Å². The van der Waals surface area contributed by atoms with E-state index in [1.54, 1.807) is 6.07 Å². The molecule has 2 aromatic rings. The van der Waals surface area contributed by atoms with Gasteiger partial charge in [-0.25, -0.2) is 23.5 Å². The Labute approximate surface area is 136 Å². The highest BCUT2D eigenvalue weighted by Crippen LogP contribution is 2.18. The quantitative estimate of drug-likeness (QED) is 0.430. The second-order valence-corrected chi connectivity index (χ2v) is 6.91. The summed E-state index contributed by atoms with van der Waals surface area (Å²) in [7, 11) is -3.83. The molecule has 0 saturated carbocycles. The van der Waals surface area contributed by atoms with E-state index in [0.29, 0.717) is 5.69 Å². The molecule has 0 bridgehead atoms.